The van der Waals surface area contributed by atoms with E-state index in [0.29, 0.717) is 12.5 Å². The lowest BCUT2D eigenvalue weighted by Gasteiger charge is -2.32. The van der Waals surface area contributed by atoms with Crippen LogP contribution in [0.4, 0.5) is 0 Å². The summed E-state index contributed by atoms with van der Waals surface area (Å²) in [5.74, 6) is 2.57. The van der Waals surface area contributed by atoms with E-state index in [1.54, 1.807) is 6.20 Å². The summed E-state index contributed by atoms with van der Waals surface area (Å²) in [6, 6.07) is 3.85. The summed E-state index contributed by atoms with van der Waals surface area (Å²) in [5, 5.41) is 0. The molecule has 0 aromatic carbocycles. The molecule has 2 rings (SSSR count). The van der Waals surface area contributed by atoms with Gasteiger partial charge in [-0.1, -0.05) is 19.0 Å². The summed E-state index contributed by atoms with van der Waals surface area (Å²) in [5.41, 5.74) is 0.379. The molecule has 1 aromatic rings. The molecule has 0 atom stereocenters. The van der Waals surface area contributed by atoms with E-state index in [-0.39, 0.29) is 18.3 Å². The van der Waals surface area contributed by atoms with E-state index in [2.05, 4.69) is 11.9 Å². The SMILES string of the molecule is CCCOc1ccc(/C=C/B2OC(C)(C)C(C)(C)O2)cn1. The molecule has 0 N–H and O–H groups in total. The van der Waals surface area contributed by atoms with Gasteiger partial charge in [-0.05, 0) is 45.7 Å². The monoisotopic (exact) mass is 289 g/mol. The summed E-state index contributed by atoms with van der Waals surface area (Å²) in [4.78, 5) is 4.26. The smallest absolute Gasteiger partial charge is 0.478 e. The van der Waals surface area contributed by atoms with Crippen molar-refractivity contribution in [1.29, 1.82) is 0 Å². The lowest BCUT2D eigenvalue weighted by atomic mass is 9.89. The van der Waals surface area contributed by atoms with E-state index in [9.17, 15) is 0 Å². The van der Waals surface area contributed by atoms with Gasteiger partial charge in [-0.25, -0.2) is 4.98 Å². The fraction of sp³-hybridized carbons (Fsp3) is 0.562. The Labute approximate surface area is 127 Å². The molecular formula is C16H24BNO3. The third-order valence-electron chi connectivity index (χ3n) is 3.93. The van der Waals surface area contributed by atoms with Gasteiger partial charge in [-0.15, -0.1) is 0 Å². The van der Waals surface area contributed by atoms with Gasteiger partial charge < -0.3 is 14.0 Å². The lowest BCUT2D eigenvalue weighted by molar-refractivity contribution is 0.00578. The van der Waals surface area contributed by atoms with Gasteiger partial charge >= 0.3 is 7.12 Å². The van der Waals surface area contributed by atoms with Crippen molar-refractivity contribution >= 4 is 13.2 Å². The molecule has 0 bridgehead atoms. The molecule has 114 valence electrons. The number of nitrogens with zero attached hydrogens (tertiary/aromatic N) is 1. The molecule has 1 saturated heterocycles. The van der Waals surface area contributed by atoms with Crippen molar-refractivity contribution in [3.63, 3.8) is 0 Å². The minimum atomic E-state index is -0.328. The van der Waals surface area contributed by atoms with Crippen LogP contribution in [0.15, 0.2) is 24.3 Å². The second kappa shape index (κ2) is 6.20. The standard InChI is InChI=1S/C16H24BNO3/c1-6-11-19-14-8-7-13(12-18-14)9-10-17-20-15(2,3)16(4,5)21-17/h7-10,12H,6,11H2,1-5H3/b10-9+. The summed E-state index contributed by atoms with van der Waals surface area (Å²) >= 11 is 0. The average Bonchev–Trinajstić information content (AvgIpc) is 2.63. The summed E-state index contributed by atoms with van der Waals surface area (Å²) in [6.07, 6.45) is 4.72. The average molecular weight is 289 g/mol. The van der Waals surface area contributed by atoms with Crippen molar-refractivity contribution in [2.75, 3.05) is 6.61 Å². The highest BCUT2D eigenvalue weighted by Crippen LogP contribution is 2.36. The van der Waals surface area contributed by atoms with E-state index in [1.807, 2.05) is 51.9 Å². The molecule has 21 heavy (non-hydrogen) atoms. The van der Waals surface area contributed by atoms with E-state index in [0.717, 1.165) is 12.0 Å². The van der Waals surface area contributed by atoms with Crippen molar-refractivity contribution in [3.8, 4) is 5.88 Å². The van der Waals surface area contributed by atoms with Crippen LogP contribution in [0.3, 0.4) is 0 Å². The molecule has 0 spiro atoms. The van der Waals surface area contributed by atoms with Crippen molar-refractivity contribution in [2.24, 2.45) is 0 Å². The number of ether oxygens (including phenoxy) is 1. The molecule has 1 aliphatic heterocycles. The molecule has 4 nitrogen and oxygen atoms in total. The highest BCUT2D eigenvalue weighted by atomic mass is 16.7. The van der Waals surface area contributed by atoms with Crippen LogP contribution >= 0.6 is 0 Å². The van der Waals surface area contributed by atoms with E-state index >= 15 is 0 Å². The quantitative estimate of drug-likeness (QED) is 0.778. The third-order valence-corrected chi connectivity index (χ3v) is 3.93. The Balaban J connectivity index is 1.96. The second-order valence-corrected chi connectivity index (χ2v) is 6.26. The highest BCUT2D eigenvalue weighted by molar-refractivity contribution is 6.52. The second-order valence-electron chi connectivity index (χ2n) is 6.26. The van der Waals surface area contributed by atoms with E-state index in [1.165, 1.54) is 0 Å². The Hall–Kier alpha value is -1.33. The van der Waals surface area contributed by atoms with Gasteiger partial charge in [0.05, 0.1) is 17.8 Å². The first kappa shape index (κ1) is 16.1. The maximum atomic E-state index is 5.91. The molecular weight excluding hydrogens is 265 g/mol. The Morgan fingerprint density at radius 1 is 1.19 bits per heavy atom. The molecule has 5 heteroatoms. The lowest BCUT2D eigenvalue weighted by Crippen LogP contribution is -2.41. The third kappa shape index (κ3) is 3.86. The van der Waals surface area contributed by atoms with Gasteiger partial charge in [0.25, 0.3) is 0 Å². The number of rotatable bonds is 5. The zero-order chi connectivity index (χ0) is 15.5. The topological polar surface area (TPSA) is 40.6 Å². The minimum Gasteiger partial charge on any atom is -0.478 e. The Morgan fingerprint density at radius 3 is 2.38 bits per heavy atom. The molecule has 0 amide bonds. The zero-order valence-corrected chi connectivity index (χ0v) is 13.6. The number of pyridine rings is 1. The van der Waals surface area contributed by atoms with Crippen LogP contribution in [-0.4, -0.2) is 29.9 Å². The molecule has 2 heterocycles. The van der Waals surface area contributed by atoms with Crippen LogP contribution in [0.25, 0.3) is 6.08 Å². The van der Waals surface area contributed by atoms with E-state index < -0.39 is 0 Å². The van der Waals surface area contributed by atoms with Gasteiger partial charge in [0.1, 0.15) is 0 Å². The molecule has 0 aliphatic carbocycles. The Morgan fingerprint density at radius 2 is 1.86 bits per heavy atom. The molecule has 0 saturated carbocycles. The first-order valence-electron chi connectivity index (χ1n) is 7.47. The van der Waals surface area contributed by atoms with Gasteiger partial charge in [-0.2, -0.15) is 0 Å². The van der Waals surface area contributed by atoms with Crippen molar-refractivity contribution in [1.82, 2.24) is 4.98 Å². The highest BCUT2D eigenvalue weighted by Gasteiger charge is 2.49. The molecule has 1 aliphatic rings. The Bertz CT molecular complexity index is 481. The predicted octanol–water partition coefficient (Wildman–Crippen LogP) is 3.52. The molecule has 1 aromatic heterocycles. The molecule has 0 unspecified atom stereocenters. The van der Waals surface area contributed by atoms with Crippen LogP contribution in [0.2, 0.25) is 0 Å². The van der Waals surface area contributed by atoms with Gasteiger partial charge in [0.15, 0.2) is 0 Å². The zero-order valence-electron chi connectivity index (χ0n) is 13.6. The summed E-state index contributed by atoms with van der Waals surface area (Å²) < 4.78 is 17.3. The molecule has 1 fully saturated rings. The predicted molar refractivity (Wildman–Crippen MR) is 85.1 cm³/mol. The van der Waals surface area contributed by atoms with Crippen LogP contribution < -0.4 is 4.74 Å². The van der Waals surface area contributed by atoms with Gasteiger partial charge in [-0.3, -0.25) is 0 Å². The van der Waals surface area contributed by atoms with Crippen LogP contribution in [0.5, 0.6) is 5.88 Å². The van der Waals surface area contributed by atoms with Gasteiger partial charge in [0, 0.05) is 12.3 Å². The molecule has 0 radical (unpaired) electrons. The number of aromatic nitrogens is 1. The van der Waals surface area contributed by atoms with Crippen molar-refractivity contribution < 1.29 is 14.0 Å². The van der Waals surface area contributed by atoms with E-state index in [4.69, 9.17) is 14.0 Å². The maximum absolute atomic E-state index is 5.91. The normalized spacial score (nSPS) is 20.1. The van der Waals surface area contributed by atoms with Crippen molar-refractivity contribution in [3.05, 3.63) is 29.9 Å². The first-order valence-corrected chi connectivity index (χ1v) is 7.47. The van der Waals surface area contributed by atoms with Crippen molar-refractivity contribution in [2.45, 2.75) is 52.2 Å². The number of hydrogen-bond donors (Lipinski definition) is 0. The maximum Gasteiger partial charge on any atom is 0.487 e. The van der Waals surface area contributed by atoms with Crippen LogP contribution in [-0.2, 0) is 9.31 Å². The summed E-state index contributed by atoms with van der Waals surface area (Å²) in [6.45, 7) is 10.9. The largest absolute Gasteiger partial charge is 0.487 e. The fourth-order valence-corrected chi connectivity index (χ4v) is 1.94. The number of hydrogen-bond acceptors (Lipinski definition) is 4. The van der Waals surface area contributed by atoms with Gasteiger partial charge in [0.2, 0.25) is 5.88 Å². The minimum absolute atomic E-state index is 0.307. The first-order chi connectivity index (χ1) is 9.84. The summed E-state index contributed by atoms with van der Waals surface area (Å²) in [7, 11) is -0.328. The fourth-order valence-electron chi connectivity index (χ4n) is 1.94. The Kier molecular flexibility index (Phi) is 4.74. The van der Waals surface area contributed by atoms with Crippen LogP contribution in [0, 0.1) is 0 Å². The van der Waals surface area contributed by atoms with Crippen LogP contribution in [0.1, 0.15) is 46.6 Å².